The van der Waals surface area contributed by atoms with Crippen molar-refractivity contribution < 1.29 is 9.53 Å². The average molecular weight is 486 g/mol. The number of carbonyl (C=O) groups is 1. The van der Waals surface area contributed by atoms with Crippen LogP contribution in [0.25, 0.3) is 0 Å². The summed E-state index contributed by atoms with van der Waals surface area (Å²) in [5, 5.41) is 6.81. The number of ether oxygens (including phenoxy) is 1. The molecule has 7 heteroatoms. The highest BCUT2D eigenvalue weighted by atomic mass is 127. The predicted octanol–water partition coefficient (Wildman–Crippen LogP) is 3.08. The lowest BCUT2D eigenvalue weighted by Crippen LogP contribution is -2.47. The summed E-state index contributed by atoms with van der Waals surface area (Å²) in [7, 11) is 5.31. The summed E-state index contributed by atoms with van der Waals surface area (Å²) in [6, 6.07) is 8.43. The Morgan fingerprint density at radius 1 is 1.30 bits per heavy atom. The largest absolute Gasteiger partial charge is 0.487 e. The van der Waals surface area contributed by atoms with Gasteiger partial charge in [0.2, 0.25) is 5.91 Å². The van der Waals surface area contributed by atoms with Crippen LogP contribution < -0.4 is 15.4 Å². The van der Waals surface area contributed by atoms with Crippen molar-refractivity contribution in [3.05, 3.63) is 29.8 Å². The number of aliphatic imine (C=N–C) groups is 1. The number of guanidine groups is 1. The van der Waals surface area contributed by atoms with Gasteiger partial charge in [0.05, 0.1) is 6.04 Å². The lowest BCUT2D eigenvalue weighted by molar-refractivity contribution is -0.128. The summed E-state index contributed by atoms with van der Waals surface area (Å²) in [6.45, 7) is 0.562. The van der Waals surface area contributed by atoms with Gasteiger partial charge in [-0.05, 0) is 31.7 Å². The van der Waals surface area contributed by atoms with Crippen LogP contribution in [0.15, 0.2) is 29.3 Å². The van der Waals surface area contributed by atoms with Gasteiger partial charge < -0.3 is 20.3 Å². The molecule has 2 aliphatic rings. The second-order valence-corrected chi connectivity index (χ2v) is 7.47. The van der Waals surface area contributed by atoms with E-state index in [1.807, 2.05) is 6.07 Å². The summed E-state index contributed by atoms with van der Waals surface area (Å²) >= 11 is 0. The molecule has 1 aliphatic heterocycles. The molecule has 2 N–H and O–H groups in total. The highest BCUT2D eigenvalue weighted by Gasteiger charge is 2.43. The van der Waals surface area contributed by atoms with E-state index in [2.05, 4.69) is 33.8 Å². The molecular formula is C20H31IN4O2. The Morgan fingerprint density at radius 3 is 2.67 bits per heavy atom. The summed E-state index contributed by atoms with van der Waals surface area (Å²) in [4.78, 5) is 17.7. The fraction of sp³-hybridized carbons (Fsp3) is 0.600. The molecule has 1 amide bonds. The molecule has 0 aromatic heterocycles. The fourth-order valence-corrected chi connectivity index (χ4v) is 3.94. The molecule has 1 heterocycles. The molecule has 1 aromatic carbocycles. The number of amides is 1. The minimum absolute atomic E-state index is 0. The molecule has 1 unspecified atom stereocenters. The minimum atomic E-state index is -0.0498. The summed E-state index contributed by atoms with van der Waals surface area (Å²) < 4.78 is 6.41. The van der Waals surface area contributed by atoms with Crippen LogP contribution in [0.3, 0.4) is 0 Å². The first kappa shape index (κ1) is 21.8. The maximum absolute atomic E-state index is 11.7. The van der Waals surface area contributed by atoms with E-state index in [0.717, 1.165) is 31.0 Å². The van der Waals surface area contributed by atoms with Gasteiger partial charge in [-0.1, -0.05) is 18.2 Å². The van der Waals surface area contributed by atoms with E-state index in [0.29, 0.717) is 13.0 Å². The Morgan fingerprint density at radius 2 is 2.00 bits per heavy atom. The van der Waals surface area contributed by atoms with E-state index in [9.17, 15) is 4.79 Å². The normalized spacial score (nSPS) is 20.3. The van der Waals surface area contributed by atoms with Crippen LogP contribution in [-0.2, 0) is 4.79 Å². The van der Waals surface area contributed by atoms with Gasteiger partial charge in [-0.15, -0.1) is 24.0 Å². The van der Waals surface area contributed by atoms with Gasteiger partial charge in [0.1, 0.15) is 11.4 Å². The number of fused-ring (bicyclic) bond motifs is 1. The lowest BCUT2D eigenvalue weighted by Gasteiger charge is -2.40. The monoisotopic (exact) mass is 486 g/mol. The molecule has 27 heavy (non-hydrogen) atoms. The molecule has 1 saturated carbocycles. The molecule has 1 aromatic rings. The number of benzene rings is 1. The van der Waals surface area contributed by atoms with E-state index in [4.69, 9.17) is 4.74 Å². The standard InChI is InChI=1S/C20H30N4O2.HI/c1-21-19(22-13-10-18(25)24(2)3)23-16-14-20(11-6-7-12-20)26-17-9-5-4-8-15(16)17;/h4-5,8-9,16H,6-7,10-14H2,1-3H3,(H2,21,22,23);1H. The van der Waals surface area contributed by atoms with Crippen LogP contribution in [0.2, 0.25) is 0 Å². The molecule has 3 rings (SSSR count). The molecule has 1 fully saturated rings. The Hall–Kier alpha value is -1.51. The SMILES string of the molecule is CN=C(NCCC(=O)N(C)C)NC1CC2(CCCC2)Oc2ccccc21.I. The number of halogens is 1. The predicted molar refractivity (Wildman–Crippen MR) is 119 cm³/mol. The summed E-state index contributed by atoms with van der Waals surface area (Å²) in [5.74, 6) is 1.82. The van der Waals surface area contributed by atoms with Gasteiger partial charge in [-0.25, -0.2) is 0 Å². The van der Waals surface area contributed by atoms with E-state index in [1.54, 1.807) is 26.0 Å². The zero-order chi connectivity index (χ0) is 18.6. The van der Waals surface area contributed by atoms with Crippen LogP contribution >= 0.6 is 24.0 Å². The maximum Gasteiger partial charge on any atom is 0.223 e. The molecule has 0 saturated heterocycles. The maximum atomic E-state index is 11.7. The fourth-order valence-electron chi connectivity index (χ4n) is 3.94. The summed E-state index contributed by atoms with van der Waals surface area (Å²) in [5.41, 5.74) is 1.13. The highest BCUT2D eigenvalue weighted by molar-refractivity contribution is 14.0. The third-order valence-electron chi connectivity index (χ3n) is 5.38. The third kappa shape index (κ3) is 5.27. The van der Waals surface area contributed by atoms with Crippen LogP contribution in [0.4, 0.5) is 0 Å². The minimum Gasteiger partial charge on any atom is -0.487 e. The first-order chi connectivity index (χ1) is 12.5. The third-order valence-corrected chi connectivity index (χ3v) is 5.38. The van der Waals surface area contributed by atoms with Crippen molar-refractivity contribution in [3.8, 4) is 5.75 Å². The van der Waals surface area contributed by atoms with Crippen molar-refractivity contribution in [2.24, 2.45) is 4.99 Å². The Bertz CT molecular complexity index is 672. The topological polar surface area (TPSA) is 66.0 Å². The highest BCUT2D eigenvalue weighted by Crippen LogP contribution is 2.46. The number of nitrogens with zero attached hydrogens (tertiary/aromatic N) is 2. The van der Waals surface area contributed by atoms with Crippen molar-refractivity contribution in [3.63, 3.8) is 0 Å². The van der Waals surface area contributed by atoms with Crippen LogP contribution in [-0.4, -0.2) is 50.1 Å². The molecular weight excluding hydrogens is 455 g/mol. The van der Waals surface area contributed by atoms with Gasteiger partial charge in [0.25, 0.3) is 0 Å². The number of hydrogen-bond donors (Lipinski definition) is 2. The molecule has 1 spiro atoms. The molecule has 1 atom stereocenters. The van der Waals surface area contributed by atoms with Gasteiger partial charge in [-0.3, -0.25) is 9.79 Å². The van der Waals surface area contributed by atoms with Crippen molar-refractivity contribution in [2.75, 3.05) is 27.7 Å². The number of para-hydroxylation sites is 1. The summed E-state index contributed by atoms with van der Waals surface area (Å²) in [6.07, 6.45) is 6.08. The van der Waals surface area contributed by atoms with Gasteiger partial charge in [-0.2, -0.15) is 0 Å². The Labute approximate surface area is 179 Å². The lowest BCUT2D eigenvalue weighted by atomic mass is 9.86. The first-order valence-electron chi connectivity index (χ1n) is 9.48. The molecule has 0 radical (unpaired) electrons. The number of hydrogen-bond acceptors (Lipinski definition) is 3. The van der Waals surface area contributed by atoms with Crippen molar-refractivity contribution in [1.29, 1.82) is 0 Å². The zero-order valence-corrected chi connectivity index (χ0v) is 18.8. The zero-order valence-electron chi connectivity index (χ0n) is 16.5. The second-order valence-electron chi connectivity index (χ2n) is 7.47. The molecule has 6 nitrogen and oxygen atoms in total. The molecule has 0 bridgehead atoms. The van der Waals surface area contributed by atoms with E-state index in [1.165, 1.54) is 18.4 Å². The van der Waals surface area contributed by atoms with E-state index >= 15 is 0 Å². The molecule has 150 valence electrons. The number of carbonyl (C=O) groups excluding carboxylic acids is 1. The smallest absolute Gasteiger partial charge is 0.223 e. The van der Waals surface area contributed by atoms with Gasteiger partial charge >= 0.3 is 0 Å². The van der Waals surface area contributed by atoms with Crippen molar-refractivity contribution in [2.45, 2.75) is 50.2 Å². The molecule has 1 aliphatic carbocycles. The number of rotatable bonds is 4. The van der Waals surface area contributed by atoms with Crippen LogP contribution in [0.5, 0.6) is 5.75 Å². The Balaban J connectivity index is 0.00000261. The van der Waals surface area contributed by atoms with Crippen molar-refractivity contribution in [1.82, 2.24) is 15.5 Å². The van der Waals surface area contributed by atoms with E-state index in [-0.39, 0.29) is 41.5 Å². The van der Waals surface area contributed by atoms with Gasteiger partial charge in [0.15, 0.2) is 5.96 Å². The average Bonchev–Trinajstić information content (AvgIpc) is 3.07. The second kappa shape index (κ2) is 9.61. The first-order valence-corrected chi connectivity index (χ1v) is 9.48. The van der Waals surface area contributed by atoms with Crippen molar-refractivity contribution >= 4 is 35.8 Å². The quantitative estimate of drug-likeness (QED) is 0.390. The van der Waals surface area contributed by atoms with Gasteiger partial charge in [0, 0.05) is 46.1 Å². The van der Waals surface area contributed by atoms with Crippen LogP contribution in [0, 0.1) is 0 Å². The number of nitrogens with one attached hydrogen (secondary N) is 2. The van der Waals surface area contributed by atoms with E-state index < -0.39 is 0 Å². The Kier molecular flexibility index (Phi) is 7.76. The van der Waals surface area contributed by atoms with Crippen LogP contribution in [0.1, 0.15) is 50.1 Å².